The van der Waals surface area contributed by atoms with E-state index in [2.05, 4.69) is 4.90 Å². The number of hydrogen-bond acceptors (Lipinski definition) is 3. The van der Waals surface area contributed by atoms with Crippen LogP contribution in [-0.4, -0.2) is 24.7 Å². The average molecular weight is 321 g/mol. The molecule has 124 valence electrons. The Kier molecular flexibility index (Phi) is 5.09. The van der Waals surface area contributed by atoms with E-state index in [1.807, 2.05) is 61.5 Å². The van der Waals surface area contributed by atoms with Crippen LogP contribution in [0.25, 0.3) is 0 Å². The van der Waals surface area contributed by atoms with Crippen LogP contribution in [0.3, 0.4) is 0 Å². The molecule has 0 atom stereocenters. The van der Waals surface area contributed by atoms with Gasteiger partial charge in [-0.1, -0.05) is 49.4 Å². The molecular formula is C21H23NO2. The molecule has 1 fully saturated rings. The maximum absolute atomic E-state index is 12.6. The van der Waals surface area contributed by atoms with Crippen LogP contribution < -0.4 is 4.90 Å². The molecule has 1 heterocycles. The molecule has 0 radical (unpaired) electrons. The van der Waals surface area contributed by atoms with Gasteiger partial charge >= 0.3 is 0 Å². The van der Waals surface area contributed by atoms with Crippen molar-refractivity contribution in [3.05, 3.63) is 65.7 Å². The van der Waals surface area contributed by atoms with Crippen molar-refractivity contribution < 1.29 is 9.59 Å². The summed E-state index contributed by atoms with van der Waals surface area (Å²) in [6.07, 6.45) is 2.19. The predicted molar refractivity (Wildman–Crippen MR) is 96.8 cm³/mol. The highest BCUT2D eigenvalue weighted by atomic mass is 16.1. The smallest absolute Gasteiger partial charge is 0.166 e. The first-order chi connectivity index (χ1) is 11.7. The minimum atomic E-state index is 0.0812. The molecule has 3 heteroatoms. The summed E-state index contributed by atoms with van der Waals surface area (Å²) < 4.78 is 0. The van der Waals surface area contributed by atoms with Crippen molar-refractivity contribution in [3.63, 3.8) is 0 Å². The van der Waals surface area contributed by atoms with E-state index in [9.17, 15) is 9.59 Å². The number of anilines is 1. The van der Waals surface area contributed by atoms with E-state index in [4.69, 9.17) is 0 Å². The van der Waals surface area contributed by atoms with Crippen LogP contribution in [0.2, 0.25) is 0 Å². The Morgan fingerprint density at radius 3 is 2.25 bits per heavy atom. The zero-order valence-electron chi connectivity index (χ0n) is 14.1. The first kappa shape index (κ1) is 16.4. The monoisotopic (exact) mass is 321 g/mol. The quantitative estimate of drug-likeness (QED) is 0.767. The van der Waals surface area contributed by atoms with Gasteiger partial charge in [-0.15, -0.1) is 0 Å². The highest BCUT2D eigenvalue weighted by Gasteiger charge is 2.27. The summed E-state index contributed by atoms with van der Waals surface area (Å²) in [7, 11) is 0. The molecular weight excluding hydrogens is 298 g/mol. The Morgan fingerprint density at radius 2 is 1.58 bits per heavy atom. The number of carbonyl (C=O) groups excluding carboxylic acids is 2. The van der Waals surface area contributed by atoms with Crippen molar-refractivity contribution >= 4 is 17.3 Å². The van der Waals surface area contributed by atoms with Gasteiger partial charge in [-0.2, -0.15) is 0 Å². The number of carbonyl (C=O) groups is 2. The van der Waals surface area contributed by atoms with Crippen LogP contribution in [-0.2, 0) is 0 Å². The fourth-order valence-electron chi connectivity index (χ4n) is 3.40. The molecule has 0 unspecified atom stereocenters. The van der Waals surface area contributed by atoms with Crippen LogP contribution in [0.4, 0.5) is 5.69 Å². The molecule has 24 heavy (non-hydrogen) atoms. The fraction of sp³-hybridized carbons (Fsp3) is 0.333. The molecule has 2 aromatic carbocycles. The van der Waals surface area contributed by atoms with Crippen molar-refractivity contribution in [2.24, 2.45) is 5.92 Å². The van der Waals surface area contributed by atoms with Crippen LogP contribution in [0.15, 0.2) is 54.6 Å². The number of piperidine rings is 1. The van der Waals surface area contributed by atoms with Gasteiger partial charge in [-0.25, -0.2) is 0 Å². The van der Waals surface area contributed by atoms with E-state index in [1.54, 1.807) is 0 Å². The number of Topliss-reactive ketones (excluding diaryl/α,β-unsaturated/α-hetero) is 2. The van der Waals surface area contributed by atoms with Crippen molar-refractivity contribution in [2.75, 3.05) is 18.0 Å². The third-order valence-corrected chi connectivity index (χ3v) is 4.79. The van der Waals surface area contributed by atoms with Gasteiger partial charge in [0.25, 0.3) is 0 Å². The second-order valence-electron chi connectivity index (χ2n) is 6.29. The second kappa shape index (κ2) is 7.43. The molecule has 0 N–H and O–H groups in total. The van der Waals surface area contributed by atoms with Crippen molar-refractivity contribution in [1.82, 2.24) is 0 Å². The highest BCUT2D eigenvalue weighted by molar-refractivity contribution is 6.01. The molecule has 1 saturated heterocycles. The summed E-state index contributed by atoms with van der Waals surface area (Å²) >= 11 is 0. The van der Waals surface area contributed by atoms with Crippen LogP contribution in [0.5, 0.6) is 0 Å². The van der Waals surface area contributed by atoms with Gasteiger partial charge in [0.1, 0.15) is 0 Å². The molecule has 0 amide bonds. The van der Waals surface area contributed by atoms with Crippen molar-refractivity contribution in [3.8, 4) is 0 Å². The molecule has 0 spiro atoms. The largest absolute Gasteiger partial charge is 0.371 e. The third-order valence-electron chi connectivity index (χ3n) is 4.79. The first-order valence-electron chi connectivity index (χ1n) is 8.67. The maximum atomic E-state index is 12.6. The molecule has 0 saturated carbocycles. The Balaban J connectivity index is 1.70. The van der Waals surface area contributed by atoms with E-state index < -0.39 is 0 Å². The van der Waals surface area contributed by atoms with Gasteiger partial charge in [-0.3, -0.25) is 9.59 Å². The van der Waals surface area contributed by atoms with E-state index in [0.717, 1.165) is 42.7 Å². The Morgan fingerprint density at radius 1 is 0.958 bits per heavy atom. The number of hydrogen-bond donors (Lipinski definition) is 0. The SMILES string of the molecule is CCC(=O)c1ccccc1N1CCC(C(=O)c2ccccc2)CC1. The number of benzene rings is 2. The third kappa shape index (κ3) is 3.40. The van der Waals surface area contributed by atoms with Crippen LogP contribution in [0.1, 0.15) is 46.9 Å². The number of nitrogens with zero attached hydrogens (tertiary/aromatic N) is 1. The molecule has 1 aliphatic rings. The number of ketones is 2. The summed E-state index contributed by atoms with van der Waals surface area (Å²) in [4.78, 5) is 27.0. The summed E-state index contributed by atoms with van der Waals surface area (Å²) in [6.45, 7) is 3.53. The van der Waals surface area contributed by atoms with Gasteiger partial charge in [0, 0.05) is 42.2 Å². The molecule has 2 aromatic rings. The summed E-state index contributed by atoms with van der Waals surface area (Å²) in [5.74, 6) is 0.499. The fourth-order valence-corrected chi connectivity index (χ4v) is 3.40. The predicted octanol–water partition coefficient (Wildman–Crippen LogP) is 4.38. The minimum Gasteiger partial charge on any atom is -0.371 e. The van der Waals surface area contributed by atoms with Gasteiger partial charge in [0.15, 0.2) is 11.6 Å². The number of para-hydroxylation sites is 1. The maximum Gasteiger partial charge on any atom is 0.166 e. The van der Waals surface area contributed by atoms with Crippen molar-refractivity contribution in [2.45, 2.75) is 26.2 Å². The van der Waals surface area contributed by atoms with Gasteiger partial charge < -0.3 is 4.90 Å². The van der Waals surface area contributed by atoms with Crippen LogP contribution in [0, 0.1) is 5.92 Å². The molecule has 3 rings (SSSR count). The standard InChI is InChI=1S/C21H23NO2/c1-2-20(23)18-10-6-7-11-19(18)22-14-12-17(13-15-22)21(24)16-8-4-3-5-9-16/h3-11,17H,2,12-15H2,1H3. The Bertz CT molecular complexity index is 716. The van der Waals surface area contributed by atoms with E-state index in [0.29, 0.717) is 6.42 Å². The first-order valence-corrected chi connectivity index (χ1v) is 8.67. The molecule has 0 aliphatic carbocycles. The van der Waals surface area contributed by atoms with Gasteiger partial charge in [0.2, 0.25) is 0 Å². The van der Waals surface area contributed by atoms with Gasteiger partial charge in [0.05, 0.1) is 0 Å². The normalized spacial score (nSPS) is 15.3. The number of rotatable bonds is 5. The van der Waals surface area contributed by atoms with Gasteiger partial charge in [-0.05, 0) is 25.0 Å². The second-order valence-corrected chi connectivity index (χ2v) is 6.29. The summed E-state index contributed by atoms with van der Waals surface area (Å²) in [5, 5.41) is 0. The van der Waals surface area contributed by atoms with Crippen molar-refractivity contribution in [1.29, 1.82) is 0 Å². The Hall–Kier alpha value is -2.42. The van der Waals surface area contributed by atoms with E-state index >= 15 is 0 Å². The lowest BCUT2D eigenvalue weighted by atomic mass is 9.88. The highest BCUT2D eigenvalue weighted by Crippen LogP contribution is 2.28. The zero-order valence-corrected chi connectivity index (χ0v) is 14.1. The minimum absolute atomic E-state index is 0.0812. The lowest BCUT2D eigenvalue weighted by Crippen LogP contribution is -2.37. The molecule has 0 aromatic heterocycles. The molecule has 1 aliphatic heterocycles. The lowest BCUT2D eigenvalue weighted by Gasteiger charge is -2.34. The van der Waals surface area contributed by atoms with E-state index in [-0.39, 0.29) is 17.5 Å². The van der Waals surface area contributed by atoms with Crippen LogP contribution >= 0.6 is 0 Å². The molecule has 3 nitrogen and oxygen atoms in total. The lowest BCUT2D eigenvalue weighted by molar-refractivity contribution is 0.0899. The zero-order chi connectivity index (χ0) is 16.9. The average Bonchev–Trinajstić information content (AvgIpc) is 2.67. The van der Waals surface area contributed by atoms with E-state index in [1.165, 1.54) is 0 Å². The topological polar surface area (TPSA) is 37.4 Å². The molecule has 0 bridgehead atoms. The summed E-state index contributed by atoms with van der Waals surface area (Å²) in [6, 6.07) is 17.4. The summed E-state index contributed by atoms with van der Waals surface area (Å²) in [5.41, 5.74) is 2.61. The Labute approximate surface area is 143 Å².